The summed E-state index contributed by atoms with van der Waals surface area (Å²) in [4.78, 5) is 41.0. The number of hydrogen-bond donors (Lipinski definition) is 1. The molecule has 1 saturated heterocycles. The second-order valence-electron chi connectivity index (χ2n) is 8.30. The lowest BCUT2D eigenvalue weighted by Gasteiger charge is -2.27. The maximum Gasteiger partial charge on any atom is 0.341 e. The highest BCUT2D eigenvalue weighted by atomic mass is 32.1. The average molecular weight is 498 g/mol. The third kappa shape index (κ3) is 4.14. The van der Waals surface area contributed by atoms with E-state index in [1.54, 1.807) is 30.4 Å². The molecular formula is C25H27N3O4S2. The van der Waals surface area contributed by atoms with Crippen LogP contribution in [0.5, 0.6) is 0 Å². The van der Waals surface area contributed by atoms with Gasteiger partial charge in [-0.3, -0.25) is 19.8 Å². The zero-order valence-electron chi connectivity index (χ0n) is 19.5. The molecule has 1 aliphatic carbocycles. The molecule has 2 aliphatic rings. The Kier molecular flexibility index (Phi) is 6.86. The minimum atomic E-state index is -0.529. The van der Waals surface area contributed by atoms with E-state index in [0.717, 1.165) is 53.2 Å². The van der Waals surface area contributed by atoms with Gasteiger partial charge >= 0.3 is 5.97 Å². The minimum absolute atomic E-state index is 0.00629. The summed E-state index contributed by atoms with van der Waals surface area (Å²) in [5.41, 5.74) is 4.19. The van der Waals surface area contributed by atoms with Gasteiger partial charge in [0.25, 0.3) is 11.8 Å². The molecule has 2 aromatic rings. The number of aryl methyl sites for hydroxylation is 2. The van der Waals surface area contributed by atoms with E-state index in [2.05, 4.69) is 11.9 Å². The van der Waals surface area contributed by atoms with Crippen LogP contribution in [0.25, 0.3) is 11.1 Å². The predicted octanol–water partition coefficient (Wildman–Crippen LogP) is 4.02. The van der Waals surface area contributed by atoms with Gasteiger partial charge < -0.3 is 9.30 Å². The standard InChI is InChI=1S/C25H27N3O4S2/c1-5-11-27-22(30)18(21(29)26-25(27)33)13-16-12-14(3)28(15(16)4)23-20(24(31)32-6-2)17-9-7-8-10-19(17)34-23/h5,12-13H,1,6-11H2,2-4H3,(H,26,29,33)/b18-13+. The van der Waals surface area contributed by atoms with Gasteiger partial charge in [-0.1, -0.05) is 6.08 Å². The molecule has 0 spiro atoms. The highest BCUT2D eigenvalue weighted by molar-refractivity contribution is 7.80. The first-order valence-corrected chi connectivity index (χ1v) is 12.5. The number of ether oxygens (including phenoxy) is 1. The summed E-state index contributed by atoms with van der Waals surface area (Å²) < 4.78 is 7.44. The first-order valence-electron chi connectivity index (χ1n) is 11.3. The van der Waals surface area contributed by atoms with Crippen molar-refractivity contribution in [3.8, 4) is 5.00 Å². The summed E-state index contributed by atoms with van der Waals surface area (Å²) in [5, 5.41) is 3.48. The number of aromatic nitrogens is 1. The van der Waals surface area contributed by atoms with Crippen molar-refractivity contribution in [3.63, 3.8) is 0 Å². The summed E-state index contributed by atoms with van der Waals surface area (Å²) in [6, 6.07) is 1.92. The van der Waals surface area contributed by atoms with Gasteiger partial charge in [-0.2, -0.15) is 0 Å². The van der Waals surface area contributed by atoms with Crippen LogP contribution in [0, 0.1) is 13.8 Å². The number of amides is 2. The van der Waals surface area contributed by atoms with Crippen LogP contribution in [-0.4, -0.2) is 45.5 Å². The molecule has 1 fully saturated rings. The van der Waals surface area contributed by atoms with E-state index in [1.165, 1.54) is 9.78 Å². The lowest BCUT2D eigenvalue weighted by molar-refractivity contribution is -0.128. The molecule has 4 rings (SSSR count). The first kappa shape index (κ1) is 24.1. The van der Waals surface area contributed by atoms with Gasteiger partial charge in [-0.15, -0.1) is 17.9 Å². The Morgan fingerprint density at radius 2 is 2.03 bits per heavy atom. The number of carbonyl (C=O) groups is 3. The first-order chi connectivity index (χ1) is 16.3. The van der Waals surface area contributed by atoms with Crippen molar-refractivity contribution >= 4 is 52.5 Å². The molecule has 2 aromatic heterocycles. The maximum absolute atomic E-state index is 13.0. The number of rotatable bonds is 6. The fourth-order valence-electron chi connectivity index (χ4n) is 4.51. The molecule has 0 saturated carbocycles. The van der Waals surface area contributed by atoms with Crippen LogP contribution < -0.4 is 5.32 Å². The van der Waals surface area contributed by atoms with Crippen LogP contribution in [-0.2, 0) is 27.2 Å². The van der Waals surface area contributed by atoms with Gasteiger partial charge in [0.2, 0.25) is 0 Å². The van der Waals surface area contributed by atoms with Crippen molar-refractivity contribution in [2.75, 3.05) is 13.2 Å². The van der Waals surface area contributed by atoms with Crippen molar-refractivity contribution in [1.29, 1.82) is 0 Å². The summed E-state index contributed by atoms with van der Waals surface area (Å²) in [7, 11) is 0. The van der Waals surface area contributed by atoms with Gasteiger partial charge in [-0.05, 0) is 81.9 Å². The Morgan fingerprint density at radius 3 is 2.74 bits per heavy atom. The molecule has 0 bridgehead atoms. The normalized spacial score (nSPS) is 17.1. The fourth-order valence-corrected chi connectivity index (χ4v) is 6.25. The molecule has 1 N–H and O–H groups in total. The molecule has 34 heavy (non-hydrogen) atoms. The monoisotopic (exact) mass is 497 g/mol. The van der Waals surface area contributed by atoms with Crippen molar-refractivity contribution in [3.05, 3.63) is 57.2 Å². The average Bonchev–Trinajstić information content (AvgIpc) is 3.30. The molecular weight excluding hydrogens is 470 g/mol. The Hall–Kier alpha value is -3.04. The quantitative estimate of drug-likeness (QED) is 0.214. The summed E-state index contributed by atoms with van der Waals surface area (Å²) in [5.74, 6) is -1.30. The largest absolute Gasteiger partial charge is 0.462 e. The van der Waals surface area contributed by atoms with E-state index in [0.29, 0.717) is 12.2 Å². The van der Waals surface area contributed by atoms with E-state index in [4.69, 9.17) is 17.0 Å². The smallest absolute Gasteiger partial charge is 0.341 e. The molecule has 0 atom stereocenters. The number of esters is 1. The van der Waals surface area contributed by atoms with Gasteiger partial charge in [0, 0.05) is 22.8 Å². The summed E-state index contributed by atoms with van der Waals surface area (Å²) >= 11 is 6.76. The molecule has 1 aliphatic heterocycles. The third-order valence-electron chi connectivity index (χ3n) is 6.10. The number of carbonyl (C=O) groups excluding carboxylic acids is 3. The molecule has 9 heteroatoms. The van der Waals surface area contributed by atoms with E-state index in [9.17, 15) is 14.4 Å². The zero-order valence-corrected chi connectivity index (χ0v) is 21.2. The van der Waals surface area contributed by atoms with Crippen molar-refractivity contribution in [2.24, 2.45) is 0 Å². The van der Waals surface area contributed by atoms with Gasteiger partial charge in [0.15, 0.2) is 5.11 Å². The summed E-state index contributed by atoms with van der Waals surface area (Å²) in [6.45, 7) is 9.84. The van der Waals surface area contributed by atoms with Gasteiger partial charge in [0.05, 0.1) is 12.2 Å². The molecule has 0 aromatic carbocycles. The molecule has 2 amide bonds. The topological polar surface area (TPSA) is 80.6 Å². The van der Waals surface area contributed by atoms with Gasteiger partial charge in [-0.25, -0.2) is 4.79 Å². The molecule has 7 nitrogen and oxygen atoms in total. The number of thiophene rings is 1. The van der Waals surface area contributed by atoms with E-state index in [1.807, 2.05) is 24.5 Å². The number of thiocarbonyl (C=S) groups is 1. The van der Waals surface area contributed by atoms with Crippen molar-refractivity contribution in [1.82, 2.24) is 14.8 Å². The third-order valence-corrected chi connectivity index (χ3v) is 7.70. The lowest BCUT2D eigenvalue weighted by atomic mass is 9.95. The predicted molar refractivity (Wildman–Crippen MR) is 136 cm³/mol. The molecule has 178 valence electrons. The highest BCUT2D eigenvalue weighted by Crippen LogP contribution is 2.39. The van der Waals surface area contributed by atoms with Crippen molar-refractivity contribution < 1.29 is 19.1 Å². The Bertz CT molecular complexity index is 1250. The summed E-state index contributed by atoms with van der Waals surface area (Å²) in [6.07, 6.45) is 7.13. The van der Waals surface area contributed by atoms with Crippen LogP contribution in [0.2, 0.25) is 0 Å². The van der Waals surface area contributed by atoms with E-state index in [-0.39, 0.29) is 23.2 Å². The minimum Gasteiger partial charge on any atom is -0.462 e. The zero-order chi connectivity index (χ0) is 24.6. The SMILES string of the molecule is C=CCN1C(=O)/C(=C/c2cc(C)n(-c3sc4c(c3C(=O)OCC)CCCC4)c2C)C(=O)NC1=S. The molecule has 0 unspecified atom stereocenters. The van der Waals surface area contributed by atoms with Gasteiger partial charge in [0.1, 0.15) is 10.6 Å². The Morgan fingerprint density at radius 1 is 1.29 bits per heavy atom. The maximum atomic E-state index is 13.0. The Balaban J connectivity index is 1.82. The number of nitrogens with zero attached hydrogens (tertiary/aromatic N) is 2. The van der Waals surface area contributed by atoms with E-state index >= 15 is 0 Å². The van der Waals surface area contributed by atoms with Crippen molar-refractivity contribution in [2.45, 2.75) is 46.5 Å². The van der Waals surface area contributed by atoms with E-state index < -0.39 is 11.8 Å². The second kappa shape index (κ2) is 9.68. The molecule has 3 heterocycles. The van der Waals surface area contributed by atoms with Crippen LogP contribution in [0.4, 0.5) is 0 Å². The molecule has 0 radical (unpaired) electrons. The Labute approximate surface area is 208 Å². The van der Waals surface area contributed by atoms with Crippen LogP contribution in [0.1, 0.15) is 57.5 Å². The highest BCUT2D eigenvalue weighted by Gasteiger charge is 2.33. The lowest BCUT2D eigenvalue weighted by Crippen LogP contribution is -2.53. The van der Waals surface area contributed by atoms with Crippen LogP contribution >= 0.6 is 23.6 Å². The number of nitrogens with one attached hydrogen (secondary N) is 1. The number of fused-ring (bicyclic) bond motifs is 1. The number of hydrogen-bond acceptors (Lipinski definition) is 6. The van der Waals surface area contributed by atoms with Crippen LogP contribution in [0.15, 0.2) is 24.3 Å². The fraction of sp³-hybridized carbons (Fsp3) is 0.360. The van der Waals surface area contributed by atoms with Crippen LogP contribution in [0.3, 0.4) is 0 Å². The second-order valence-corrected chi connectivity index (χ2v) is 9.77.